The van der Waals surface area contributed by atoms with E-state index in [1.807, 2.05) is 18.7 Å². The fourth-order valence-electron chi connectivity index (χ4n) is 2.26. The third-order valence-electron chi connectivity index (χ3n) is 3.23. The maximum atomic E-state index is 11.9. The lowest BCUT2D eigenvalue weighted by atomic mass is 10.1. The normalized spacial score (nSPS) is 19.2. The van der Waals surface area contributed by atoms with Crippen LogP contribution in [-0.4, -0.2) is 35.0 Å². The molecule has 0 saturated carbocycles. The van der Waals surface area contributed by atoms with Gasteiger partial charge in [0.15, 0.2) is 0 Å². The van der Waals surface area contributed by atoms with Crippen molar-refractivity contribution in [3.63, 3.8) is 0 Å². The van der Waals surface area contributed by atoms with E-state index < -0.39 is 0 Å². The van der Waals surface area contributed by atoms with Crippen LogP contribution in [0.3, 0.4) is 0 Å². The number of nitrogen functional groups attached to an aromatic ring is 1. The maximum Gasteiger partial charge on any atom is 0.242 e. The van der Waals surface area contributed by atoms with Gasteiger partial charge in [-0.2, -0.15) is 0 Å². The first-order valence-electron chi connectivity index (χ1n) is 6.58. The molecule has 2 rings (SSSR count). The number of piperazine rings is 1. The highest BCUT2D eigenvalue weighted by molar-refractivity contribution is 5.86. The van der Waals surface area contributed by atoms with Gasteiger partial charge in [-0.25, -0.2) is 15.8 Å². The standard InChI is InChI=1S/C12H20N6O/c1-3-8-12(19)14-5-6-18(8)11-7-10(17-13)15-9(4-2)16-11/h7-8H,3-6,13H2,1-2H3,(H,14,19)(H,15,16,17). The number of carbonyl (C=O) groups excluding carboxylic acids is 1. The van der Waals surface area contributed by atoms with Crippen LogP contribution in [0.1, 0.15) is 26.1 Å². The van der Waals surface area contributed by atoms with Crippen molar-refractivity contribution in [2.45, 2.75) is 32.7 Å². The summed E-state index contributed by atoms with van der Waals surface area (Å²) in [4.78, 5) is 22.7. The minimum absolute atomic E-state index is 0.0488. The predicted octanol–water partition coefficient (Wildman–Crippen LogP) is 0.0394. The number of rotatable bonds is 4. The Hall–Kier alpha value is -1.89. The molecule has 7 heteroatoms. The molecule has 1 aromatic rings. The molecule has 1 fully saturated rings. The number of aromatic nitrogens is 2. The maximum absolute atomic E-state index is 11.9. The summed E-state index contributed by atoms with van der Waals surface area (Å²) in [6, 6.07) is 1.60. The van der Waals surface area contributed by atoms with E-state index in [0.717, 1.165) is 25.2 Å². The number of amides is 1. The van der Waals surface area contributed by atoms with Crippen LogP contribution in [0.25, 0.3) is 0 Å². The number of aryl methyl sites for hydroxylation is 1. The smallest absolute Gasteiger partial charge is 0.242 e. The number of hydrazine groups is 1. The molecule has 19 heavy (non-hydrogen) atoms. The van der Waals surface area contributed by atoms with E-state index >= 15 is 0 Å². The predicted molar refractivity (Wildman–Crippen MR) is 73.7 cm³/mol. The van der Waals surface area contributed by atoms with Gasteiger partial charge in [0.25, 0.3) is 0 Å². The van der Waals surface area contributed by atoms with E-state index in [1.54, 1.807) is 6.07 Å². The quantitative estimate of drug-likeness (QED) is 0.525. The van der Waals surface area contributed by atoms with Crippen molar-refractivity contribution in [3.05, 3.63) is 11.9 Å². The second kappa shape index (κ2) is 5.83. The topological polar surface area (TPSA) is 96.2 Å². The fourth-order valence-corrected chi connectivity index (χ4v) is 2.26. The molecule has 104 valence electrons. The van der Waals surface area contributed by atoms with Crippen LogP contribution in [0.2, 0.25) is 0 Å². The molecule has 1 atom stereocenters. The summed E-state index contributed by atoms with van der Waals surface area (Å²) in [5.74, 6) is 7.51. The highest BCUT2D eigenvalue weighted by Gasteiger charge is 2.29. The molecule has 1 aliphatic heterocycles. The zero-order valence-electron chi connectivity index (χ0n) is 11.3. The summed E-state index contributed by atoms with van der Waals surface area (Å²) in [6.07, 6.45) is 1.46. The van der Waals surface area contributed by atoms with E-state index in [2.05, 4.69) is 20.7 Å². The Bertz CT molecular complexity index is 441. The Morgan fingerprint density at radius 2 is 2.32 bits per heavy atom. The molecule has 0 bridgehead atoms. The van der Waals surface area contributed by atoms with Crippen LogP contribution < -0.4 is 21.5 Å². The Kier molecular flexibility index (Phi) is 4.16. The minimum atomic E-state index is -0.181. The number of nitrogens with one attached hydrogen (secondary N) is 2. The van der Waals surface area contributed by atoms with Crippen molar-refractivity contribution in [1.82, 2.24) is 15.3 Å². The second-order valence-electron chi connectivity index (χ2n) is 4.43. The summed E-state index contributed by atoms with van der Waals surface area (Å²) in [5, 5.41) is 2.88. The fraction of sp³-hybridized carbons (Fsp3) is 0.583. The average molecular weight is 264 g/mol. The van der Waals surface area contributed by atoms with E-state index in [9.17, 15) is 4.79 Å². The number of nitrogens with zero attached hydrogens (tertiary/aromatic N) is 3. The lowest BCUT2D eigenvalue weighted by Crippen LogP contribution is -2.55. The molecule has 0 aromatic carbocycles. The van der Waals surface area contributed by atoms with E-state index in [1.165, 1.54) is 0 Å². The average Bonchev–Trinajstić information content (AvgIpc) is 2.46. The van der Waals surface area contributed by atoms with Gasteiger partial charge in [-0.15, -0.1) is 0 Å². The molecule has 1 aliphatic rings. The van der Waals surface area contributed by atoms with Crippen molar-refractivity contribution < 1.29 is 4.79 Å². The highest BCUT2D eigenvalue weighted by atomic mass is 16.2. The molecule has 0 radical (unpaired) electrons. The number of hydrogen-bond acceptors (Lipinski definition) is 6. The molecular formula is C12H20N6O. The first-order chi connectivity index (χ1) is 9.19. The van der Waals surface area contributed by atoms with Crippen LogP contribution in [0, 0.1) is 0 Å². The van der Waals surface area contributed by atoms with Gasteiger partial charge in [0.2, 0.25) is 5.91 Å². The third-order valence-corrected chi connectivity index (χ3v) is 3.23. The number of nitrogens with two attached hydrogens (primary N) is 1. The van der Waals surface area contributed by atoms with Gasteiger partial charge in [-0.1, -0.05) is 13.8 Å². The Balaban J connectivity index is 2.35. The van der Waals surface area contributed by atoms with Crippen LogP contribution in [0.4, 0.5) is 11.6 Å². The van der Waals surface area contributed by atoms with Crippen molar-refractivity contribution in [3.8, 4) is 0 Å². The number of carbonyl (C=O) groups is 1. The Morgan fingerprint density at radius 1 is 1.53 bits per heavy atom. The molecule has 1 aromatic heterocycles. The molecule has 0 aliphatic carbocycles. The van der Waals surface area contributed by atoms with Gasteiger partial charge in [0.05, 0.1) is 0 Å². The van der Waals surface area contributed by atoms with Gasteiger partial charge in [-0.3, -0.25) is 4.79 Å². The van der Waals surface area contributed by atoms with Crippen molar-refractivity contribution >= 4 is 17.5 Å². The van der Waals surface area contributed by atoms with Crippen molar-refractivity contribution in [2.75, 3.05) is 23.4 Å². The van der Waals surface area contributed by atoms with Crippen LogP contribution in [0.15, 0.2) is 6.07 Å². The molecule has 0 spiro atoms. The molecule has 1 unspecified atom stereocenters. The molecule has 2 heterocycles. The molecule has 4 N–H and O–H groups in total. The largest absolute Gasteiger partial charge is 0.353 e. The summed E-state index contributed by atoms with van der Waals surface area (Å²) in [7, 11) is 0. The number of hydrogen-bond donors (Lipinski definition) is 3. The van der Waals surface area contributed by atoms with Crippen LogP contribution in [-0.2, 0) is 11.2 Å². The third kappa shape index (κ3) is 2.76. The van der Waals surface area contributed by atoms with Crippen molar-refractivity contribution in [2.24, 2.45) is 5.84 Å². The summed E-state index contributed by atoms with van der Waals surface area (Å²) in [6.45, 7) is 5.35. The highest BCUT2D eigenvalue weighted by Crippen LogP contribution is 2.21. The van der Waals surface area contributed by atoms with Crippen LogP contribution >= 0.6 is 0 Å². The Morgan fingerprint density at radius 3 is 2.95 bits per heavy atom. The van der Waals surface area contributed by atoms with Gasteiger partial charge < -0.3 is 15.6 Å². The first kappa shape index (κ1) is 13.5. The van der Waals surface area contributed by atoms with Gasteiger partial charge in [0.1, 0.15) is 23.5 Å². The zero-order valence-corrected chi connectivity index (χ0v) is 11.3. The summed E-state index contributed by atoms with van der Waals surface area (Å²) < 4.78 is 0. The summed E-state index contributed by atoms with van der Waals surface area (Å²) in [5.41, 5.74) is 2.55. The van der Waals surface area contributed by atoms with Gasteiger partial charge >= 0.3 is 0 Å². The molecule has 1 saturated heterocycles. The molecular weight excluding hydrogens is 244 g/mol. The van der Waals surface area contributed by atoms with E-state index in [0.29, 0.717) is 18.2 Å². The van der Waals surface area contributed by atoms with Crippen molar-refractivity contribution in [1.29, 1.82) is 0 Å². The van der Waals surface area contributed by atoms with Gasteiger partial charge in [-0.05, 0) is 6.42 Å². The monoisotopic (exact) mass is 264 g/mol. The lowest BCUT2D eigenvalue weighted by molar-refractivity contribution is -0.123. The van der Waals surface area contributed by atoms with Crippen LogP contribution in [0.5, 0.6) is 0 Å². The summed E-state index contributed by atoms with van der Waals surface area (Å²) >= 11 is 0. The Labute approximate surface area is 112 Å². The minimum Gasteiger partial charge on any atom is -0.353 e. The SMILES string of the molecule is CCc1nc(NN)cc(N2CCNC(=O)C2CC)n1. The second-order valence-corrected chi connectivity index (χ2v) is 4.43. The van der Waals surface area contributed by atoms with E-state index in [4.69, 9.17) is 5.84 Å². The van der Waals surface area contributed by atoms with Gasteiger partial charge in [0, 0.05) is 25.6 Å². The van der Waals surface area contributed by atoms with E-state index in [-0.39, 0.29) is 11.9 Å². The lowest BCUT2D eigenvalue weighted by Gasteiger charge is -2.35. The first-order valence-corrected chi connectivity index (χ1v) is 6.58. The molecule has 1 amide bonds. The molecule has 7 nitrogen and oxygen atoms in total. The zero-order chi connectivity index (χ0) is 13.8. The number of anilines is 2.